The SMILES string of the molecule is CCOC(=O)Cc1cn(CC2CSc3ccc(Cl)cc32)c2cc(B(O)O)ccc12. The maximum atomic E-state index is 12.1. The van der Waals surface area contributed by atoms with Gasteiger partial charge in [-0.2, -0.15) is 0 Å². The number of thioether (sulfide) groups is 1. The van der Waals surface area contributed by atoms with Gasteiger partial charge in [-0.3, -0.25) is 4.79 Å². The Morgan fingerprint density at radius 2 is 2.14 bits per heavy atom. The predicted molar refractivity (Wildman–Crippen MR) is 117 cm³/mol. The molecule has 150 valence electrons. The molecular formula is C21H21BClNO4S. The molecule has 2 aromatic carbocycles. The summed E-state index contributed by atoms with van der Waals surface area (Å²) in [5.41, 5.74) is 3.39. The van der Waals surface area contributed by atoms with Crippen LogP contribution in [-0.2, 0) is 22.5 Å². The minimum absolute atomic E-state index is 0.181. The second kappa shape index (κ2) is 8.44. The minimum Gasteiger partial charge on any atom is -0.466 e. The van der Waals surface area contributed by atoms with E-state index < -0.39 is 7.12 Å². The Bertz CT molecular complexity index is 1070. The number of halogens is 1. The quantitative estimate of drug-likeness (QED) is 0.466. The largest absolute Gasteiger partial charge is 0.488 e. The van der Waals surface area contributed by atoms with E-state index in [2.05, 4.69) is 10.6 Å². The van der Waals surface area contributed by atoms with Crippen LogP contribution in [0.25, 0.3) is 10.9 Å². The van der Waals surface area contributed by atoms with Crippen molar-refractivity contribution in [2.75, 3.05) is 12.4 Å². The van der Waals surface area contributed by atoms with Crippen LogP contribution in [0, 0.1) is 0 Å². The number of ether oxygens (including phenoxy) is 1. The van der Waals surface area contributed by atoms with E-state index in [0.29, 0.717) is 18.6 Å². The maximum Gasteiger partial charge on any atom is 0.488 e. The fourth-order valence-electron chi connectivity index (χ4n) is 3.84. The summed E-state index contributed by atoms with van der Waals surface area (Å²) in [5, 5.41) is 20.8. The molecule has 1 aliphatic heterocycles. The summed E-state index contributed by atoms with van der Waals surface area (Å²) in [7, 11) is -1.54. The Labute approximate surface area is 178 Å². The van der Waals surface area contributed by atoms with E-state index in [1.165, 1.54) is 10.5 Å². The van der Waals surface area contributed by atoms with E-state index in [4.69, 9.17) is 16.3 Å². The van der Waals surface area contributed by atoms with Crippen LogP contribution in [0.15, 0.2) is 47.5 Å². The second-order valence-electron chi connectivity index (χ2n) is 7.13. The molecule has 0 saturated carbocycles. The van der Waals surface area contributed by atoms with Crippen molar-refractivity contribution in [2.24, 2.45) is 0 Å². The van der Waals surface area contributed by atoms with E-state index in [0.717, 1.165) is 27.2 Å². The highest BCUT2D eigenvalue weighted by molar-refractivity contribution is 7.99. The summed E-state index contributed by atoms with van der Waals surface area (Å²) < 4.78 is 7.21. The molecule has 0 aliphatic carbocycles. The van der Waals surface area contributed by atoms with Crippen LogP contribution < -0.4 is 5.46 Å². The van der Waals surface area contributed by atoms with Gasteiger partial charge in [0.1, 0.15) is 0 Å². The molecule has 0 fully saturated rings. The van der Waals surface area contributed by atoms with Gasteiger partial charge in [-0.05, 0) is 47.8 Å². The summed E-state index contributed by atoms with van der Waals surface area (Å²) >= 11 is 8.03. The lowest BCUT2D eigenvalue weighted by Crippen LogP contribution is -2.29. The van der Waals surface area contributed by atoms with Crippen molar-refractivity contribution >= 4 is 52.8 Å². The fraction of sp³-hybridized carbons (Fsp3) is 0.286. The van der Waals surface area contributed by atoms with Crippen molar-refractivity contribution in [3.8, 4) is 0 Å². The van der Waals surface area contributed by atoms with Gasteiger partial charge in [-0.15, -0.1) is 11.8 Å². The number of aromatic nitrogens is 1. The standard InChI is InChI=1S/C21H21BClNO4S/c1-2-28-21(25)7-13-10-24(19-8-15(22(26)27)3-5-17(13)19)11-14-12-29-20-6-4-16(23)9-18(14)20/h3-6,8-10,14,26-27H,2,7,11-12H2,1H3. The molecule has 3 aromatic rings. The van der Waals surface area contributed by atoms with Crippen LogP contribution >= 0.6 is 23.4 Å². The van der Waals surface area contributed by atoms with Crippen LogP contribution in [0.1, 0.15) is 24.0 Å². The van der Waals surface area contributed by atoms with Gasteiger partial charge in [0.2, 0.25) is 0 Å². The van der Waals surface area contributed by atoms with E-state index in [9.17, 15) is 14.8 Å². The van der Waals surface area contributed by atoms with Crippen molar-refractivity contribution in [2.45, 2.75) is 30.7 Å². The molecule has 1 aliphatic rings. The van der Waals surface area contributed by atoms with Gasteiger partial charge >= 0.3 is 13.1 Å². The highest BCUT2D eigenvalue weighted by Crippen LogP contribution is 2.42. The van der Waals surface area contributed by atoms with Gasteiger partial charge in [0.05, 0.1) is 13.0 Å². The molecule has 0 bridgehead atoms. The van der Waals surface area contributed by atoms with Gasteiger partial charge < -0.3 is 19.4 Å². The molecule has 8 heteroatoms. The van der Waals surface area contributed by atoms with Gasteiger partial charge in [0, 0.05) is 45.2 Å². The lowest BCUT2D eigenvalue weighted by Gasteiger charge is -2.14. The predicted octanol–water partition coefficient (Wildman–Crippen LogP) is 2.97. The molecule has 0 amide bonds. The van der Waals surface area contributed by atoms with Crippen molar-refractivity contribution in [3.63, 3.8) is 0 Å². The zero-order valence-corrected chi connectivity index (χ0v) is 17.5. The van der Waals surface area contributed by atoms with E-state index in [1.54, 1.807) is 19.1 Å². The maximum absolute atomic E-state index is 12.1. The van der Waals surface area contributed by atoms with Gasteiger partial charge in [0.15, 0.2) is 0 Å². The number of esters is 1. The molecule has 0 radical (unpaired) electrons. The summed E-state index contributed by atoms with van der Waals surface area (Å²) in [5.74, 6) is 0.957. The number of rotatable bonds is 6. The Kier molecular flexibility index (Phi) is 5.92. The zero-order chi connectivity index (χ0) is 20.5. The highest BCUT2D eigenvalue weighted by atomic mass is 35.5. The molecule has 1 atom stereocenters. The molecule has 29 heavy (non-hydrogen) atoms. The molecule has 1 unspecified atom stereocenters. The molecule has 4 rings (SSSR count). The van der Waals surface area contributed by atoms with Gasteiger partial charge in [0.25, 0.3) is 0 Å². The van der Waals surface area contributed by atoms with Crippen LogP contribution in [0.5, 0.6) is 0 Å². The third-order valence-corrected chi connectivity index (χ3v) is 6.68. The number of hydrogen-bond acceptors (Lipinski definition) is 5. The number of benzene rings is 2. The number of carbonyl (C=O) groups excluding carboxylic acids is 1. The molecule has 2 heterocycles. The first-order valence-corrected chi connectivity index (χ1v) is 10.9. The molecule has 0 saturated heterocycles. The van der Waals surface area contributed by atoms with Crippen molar-refractivity contribution in [1.29, 1.82) is 0 Å². The summed E-state index contributed by atoms with van der Waals surface area (Å²) in [4.78, 5) is 13.3. The second-order valence-corrected chi connectivity index (χ2v) is 8.63. The van der Waals surface area contributed by atoms with Crippen molar-refractivity contribution in [3.05, 3.63) is 58.7 Å². The first-order chi connectivity index (χ1) is 14.0. The Morgan fingerprint density at radius 1 is 1.31 bits per heavy atom. The van der Waals surface area contributed by atoms with Crippen LogP contribution in [0.2, 0.25) is 5.02 Å². The highest BCUT2D eigenvalue weighted by Gasteiger charge is 2.25. The summed E-state index contributed by atoms with van der Waals surface area (Å²) in [6.45, 7) is 2.84. The first-order valence-electron chi connectivity index (χ1n) is 9.52. The lowest BCUT2D eigenvalue weighted by molar-refractivity contribution is -0.142. The van der Waals surface area contributed by atoms with E-state index >= 15 is 0 Å². The van der Waals surface area contributed by atoms with Crippen molar-refractivity contribution < 1.29 is 19.6 Å². The molecular weight excluding hydrogens is 409 g/mol. The molecule has 0 spiro atoms. The first kappa shape index (κ1) is 20.4. The summed E-state index contributed by atoms with van der Waals surface area (Å²) in [6.07, 6.45) is 2.16. The van der Waals surface area contributed by atoms with Crippen LogP contribution in [0.3, 0.4) is 0 Å². The van der Waals surface area contributed by atoms with Gasteiger partial charge in [-0.25, -0.2) is 0 Å². The molecule has 2 N–H and O–H groups in total. The lowest BCUT2D eigenvalue weighted by atomic mass is 9.80. The monoisotopic (exact) mass is 429 g/mol. The Balaban J connectivity index is 1.72. The van der Waals surface area contributed by atoms with Crippen LogP contribution in [-0.4, -0.2) is 40.1 Å². The van der Waals surface area contributed by atoms with E-state index in [-0.39, 0.29) is 18.3 Å². The topological polar surface area (TPSA) is 71.7 Å². The summed E-state index contributed by atoms with van der Waals surface area (Å²) in [6, 6.07) is 11.3. The van der Waals surface area contributed by atoms with Gasteiger partial charge in [-0.1, -0.05) is 23.7 Å². The normalized spacial score (nSPS) is 15.5. The minimum atomic E-state index is -1.54. The third kappa shape index (κ3) is 4.19. The average molecular weight is 430 g/mol. The zero-order valence-electron chi connectivity index (χ0n) is 16.0. The average Bonchev–Trinajstić information content (AvgIpc) is 3.23. The molecule has 5 nitrogen and oxygen atoms in total. The fourth-order valence-corrected chi connectivity index (χ4v) is 5.25. The number of fused-ring (bicyclic) bond motifs is 2. The molecule has 1 aromatic heterocycles. The third-order valence-electron chi connectivity index (χ3n) is 5.20. The van der Waals surface area contributed by atoms with Crippen molar-refractivity contribution in [1.82, 2.24) is 4.57 Å². The number of nitrogens with zero attached hydrogens (tertiary/aromatic N) is 1. The van der Waals surface area contributed by atoms with Crippen LogP contribution in [0.4, 0.5) is 0 Å². The number of carbonyl (C=O) groups is 1. The number of hydrogen-bond donors (Lipinski definition) is 2. The Morgan fingerprint density at radius 3 is 2.90 bits per heavy atom. The van der Waals surface area contributed by atoms with E-state index in [1.807, 2.05) is 36.2 Å². The Hall–Kier alpha value is -1.93. The smallest absolute Gasteiger partial charge is 0.466 e.